The molecule has 0 bridgehead atoms. The predicted octanol–water partition coefficient (Wildman–Crippen LogP) is 3.70. The summed E-state index contributed by atoms with van der Waals surface area (Å²) in [6, 6.07) is 3.40. The number of imidazole rings is 1. The first-order valence-corrected chi connectivity index (χ1v) is 6.92. The Morgan fingerprint density at radius 3 is 2.45 bits per heavy atom. The number of anilines is 1. The third-order valence-electron chi connectivity index (χ3n) is 3.56. The van der Waals surface area contributed by atoms with Crippen LogP contribution in [0.3, 0.4) is 0 Å². The zero-order valence-electron chi connectivity index (χ0n) is 11.4. The molecule has 1 aliphatic carbocycles. The van der Waals surface area contributed by atoms with E-state index in [1.807, 2.05) is 4.57 Å². The van der Waals surface area contributed by atoms with Gasteiger partial charge in [0.05, 0.1) is 0 Å². The molecule has 0 spiro atoms. The van der Waals surface area contributed by atoms with Crippen molar-refractivity contribution in [3.8, 4) is 11.3 Å². The Morgan fingerprint density at radius 2 is 1.90 bits per heavy atom. The topological polar surface area (TPSA) is 43.8 Å². The van der Waals surface area contributed by atoms with E-state index in [0.29, 0.717) is 23.0 Å². The smallest absolute Gasteiger partial charge is 0.131 e. The Morgan fingerprint density at radius 1 is 1.25 bits per heavy atom. The Kier molecular flexibility index (Phi) is 3.20. The first kappa shape index (κ1) is 13.1. The second-order valence-corrected chi connectivity index (χ2v) is 5.29. The zero-order valence-corrected chi connectivity index (χ0v) is 11.4. The summed E-state index contributed by atoms with van der Waals surface area (Å²) in [5.41, 5.74) is 7.03. The third kappa shape index (κ3) is 2.28. The average Bonchev–Trinajstić information content (AvgIpc) is 3.16. The van der Waals surface area contributed by atoms with E-state index < -0.39 is 11.6 Å². The van der Waals surface area contributed by atoms with E-state index >= 15 is 0 Å². The van der Waals surface area contributed by atoms with Crippen molar-refractivity contribution in [2.24, 2.45) is 0 Å². The molecular weight excluding hydrogens is 260 g/mol. The minimum atomic E-state index is -0.614. The van der Waals surface area contributed by atoms with Crippen LogP contribution in [0.5, 0.6) is 0 Å². The fraction of sp³-hybridized carbons (Fsp3) is 0.400. The molecule has 0 amide bonds. The quantitative estimate of drug-likeness (QED) is 0.926. The molecule has 0 aliphatic heterocycles. The van der Waals surface area contributed by atoms with Crippen LogP contribution in [-0.2, 0) is 6.54 Å². The second kappa shape index (κ2) is 4.89. The van der Waals surface area contributed by atoms with Gasteiger partial charge < -0.3 is 10.3 Å². The highest BCUT2D eigenvalue weighted by atomic mass is 19.1. The molecule has 1 heterocycles. The molecule has 1 saturated carbocycles. The highest BCUT2D eigenvalue weighted by Gasteiger charge is 2.30. The molecule has 2 aromatic rings. The van der Waals surface area contributed by atoms with Gasteiger partial charge in [-0.05, 0) is 31.4 Å². The van der Waals surface area contributed by atoms with Crippen LogP contribution in [-0.4, -0.2) is 9.55 Å². The van der Waals surface area contributed by atoms with Crippen LogP contribution in [0.15, 0.2) is 18.2 Å². The van der Waals surface area contributed by atoms with Crippen molar-refractivity contribution in [3.63, 3.8) is 0 Å². The summed E-state index contributed by atoms with van der Waals surface area (Å²) in [5, 5.41) is 0. The molecule has 0 radical (unpaired) electrons. The van der Waals surface area contributed by atoms with Crippen molar-refractivity contribution in [3.05, 3.63) is 35.7 Å². The predicted molar refractivity (Wildman–Crippen MR) is 74.3 cm³/mol. The highest BCUT2D eigenvalue weighted by Crippen LogP contribution is 2.42. The maximum atomic E-state index is 13.4. The molecule has 20 heavy (non-hydrogen) atoms. The Hall–Kier alpha value is -1.91. The summed E-state index contributed by atoms with van der Waals surface area (Å²) in [6.45, 7) is 2.85. The van der Waals surface area contributed by atoms with Gasteiger partial charge in [-0.2, -0.15) is 0 Å². The van der Waals surface area contributed by atoms with Gasteiger partial charge in [0.1, 0.15) is 29.0 Å². The number of benzene rings is 1. The lowest BCUT2D eigenvalue weighted by Crippen LogP contribution is -2.06. The van der Waals surface area contributed by atoms with Gasteiger partial charge in [-0.15, -0.1) is 0 Å². The molecule has 2 N–H and O–H groups in total. The fourth-order valence-electron chi connectivity index (χ4n) is 2.50. The molecule has 1 fully saturated rings. The maximum absolute atomic E-state index is 13.4. The molecule has 1 aliphatic rings. The van der Waals surface area contributed by atoms with Crippen molar-refractivity contribution in [1.82, 2.24) is 9.55 Å². The molecule has 0 saturated heterocycles. The van der Waals surface area contributed by atoms with Gasteiger partial charge in [0, 0.05) is 24.1 Å². The van der Waals surface area contributed by atoms with Crippen LogP contribution in [0.2, 0.25) is 0 Å². The largest absolute Gasteiger partial charge is 0.383 e. The number of hydrogen-bond donors (Lipinski definition) is 1. The molecule has 1 aromatic heterocycles. The molecule has 106 valence electrons. The van der Waals surface area contributed by atoms with E-state index in [-0.39, 0.29) is 0 Å². The molecule has 0 unspecified atom stereocenters. The van der Waals surface area contributed by atoms with Gasteiger partial charge in [0.2, 0.25) is 0 Å². The molecule has 5 heteroatoms. The first-order chi connectivity index (χ1) is 9.60. The number of nitrogen functional groups attached to an aromatic ring is 1. The summed E-state index contributed by atoms with van der Waals surface area (Å²) >= 11 is 0. The van der Waals surface area contributed by atoms with Crippen LogP contribution in [0, 0.1) is 11.6 Å². The Labute approximate surface area is 116 Å². The van der Waals surface area contributed by atoms with E-state index in [4.69, 9.17) is 5.73 Å². The number of aromatic nitrogens is 2. The summed E-state index contributed by atoms with van der Waals surface area (Å²) < 4.78 is 28.7. The maximum Gasteiger partial charge on any atom is 0.131 e. The second-order valence-electron chi connectivity index (χ2n) is 5.29. The number of halogens is 2. The van der Waals surface area contributed by atoms with E-state index in [1.54, 1.807) is 0 Å². The van der Waals surface area contributed by atoms with E-state index in [1.165, 1.54) is 12.1 Å². The number of hydrogen-bond acceptors (Lipinski definition) is 2. The summed E-state index contributed by atoms with van der Waals surface area (Å²) in [7, 11) is 0. The minimum Gasteiger partial charge on any atom is -0.383 e. The Balaban J connectivity index is 2.11. The fourth-order valence-corrected chi connectivity index (χ4v) is 2.50. The zero-order chi connectivity index (χ0) is 14.3. The minimum absolute atomic E-state index is 0.400. The van der Waals surface area contributed by atoms with Crippen LogP contribution >= 0.6 is 0 Å². The average molecular weight is 277 g/mol. The van der Waals surface area contributed by atoms with Crippen molar-refractivity contribution < 1.29 is 8.78 Å². The number of rotatable bonds is 4. The lowest BCUT2D eigenvalue weighted by atomic mass is 10.1. The van der Waals surface area contributed by atoms with Crippen molar-refractivity contribution in [2.45, 2.75) is 38.6 Å². The van der Waals surface area contributed by atoms with Crippen molar-refractivity contribution in [1.29, 1.82) is 0 Å². The Bertz CT molecular complexity index is 625. The van der Waals surface area contributed by atoms with E-state index in [9.17, 15) is 8.78 Å². The van der Waals surface area contributed by atoms with Crippen molar-refractivity contribution in [2.75, 3.05) is 5.73 Å². The SMILES string of the molecule is CCCn1c(C2CC2)nc(-c2cc(F)cc(F)c2)c1N. The van der Waals surface area contributed by atoms with Gasteiger partial charge >= 0.3 is 0 Å². The summed E-state index contributed by atoms with van der Waals surface area (Å²) in [6.07, 6.45) is 3.16. The van der Waals surface area contributed by atoms with Crippen LogP contribution in [0.1, 0.15) is 37.9 Å². The molecule has 1 aromatic carbocycles. The van der Waals surface area contributed by atoms with E-state index in [0.717, 1.165) is 37.7 Å². The third-order valence-corrected chi connectivity index (χ3v) is 3.56. The van der Waals surface area contributed by atoms with Crippen LogP contribution in [0.25, 0.3) is 11.3 Å². The standard InChI is InChI=1S/C15H17F2N3/c1-2-5-20-14(18)13(19-15(20)9-3-4-9)10-6-11(16)8-12(17)7-10/h6-9H,2-5,18H2,1H3. The van der Waals surface area contributed by atoms with Gasteiger partial charge in [-0.3, -0.25) is 0 Å². The van der Waals surface area contributed by atoms with Gasteiger partial charge in [-0.1, -0.05) is 6.92 Å². The van der Waals surface area contributed by atoms with Crippen LogP contribution in [0.4, 0.5) is 14.6 Å². The summed E-state index contributed by atoms with van der Waals surface area (Å²) in [4.78, 5) is 4.55. The van der Waals surface area contributed by atoms with E-state index in [2.05, 4.69) is 11.9 Å². The van der Waals surface area contributed by atoms with Gasteiger partial charge in [0.25, 0.3) is 0 Å². The van der Waals surface area contributed by atoms with Crippen LogP contribution < -0.4 is 5.73 Å². The van der Waals surface area contributed by atoms with Crippen molar-refractivity contribution >= 4 is 5.82 Å². The summed E-state index contributed by atoms with van der Waals surface area (Å²) in [5.74, 6) is 0.661. The lowest BCUT2D eigenvalue weighted by Gasteiger charge is -2.07. The number of nitrogens with zero attached hydrogens (tertiary/aromatic N) is 2. The molecule has 0 atom stereocenters. The molecule has 3 nitrogen and oxygen atoms in total. The lowest BCUT2D eigenvalue weighted by molar-refractivity contribution is 0.584. The highest BCUT2D eigenvalue weighted by molar-refractivity contribution is 5.71. The first-order valence-electron chi connectivity index (χ1n) is 6.92. The molecular formula is C15H17F2N3. The molecule has 3 rings (SSSR count). The van der Waals surface area contributed by atoms with Gasteiger partial charge in [0.15, 0.2) is 0 Å². The number of nitrogens with two attached hydrogens (primary N) is 1. The normalized spacial score (nSPS) is 14.8. The van der Waals surface area contributed by atoms with Gasteiger partial charge in [-0.25, -0.2) is 13.8 Å². The monoisotopic (exact) mass is 277 g/mol.